The van der Waals surface area contributed by atoms with Crippen LogP contribution in [0.3, 0.4) is 0 Å². The first-order valence-corrected chi connectivity index (χ1v) is 7.31. The molecule has 104 valence electrons. The van der Waals surface area contributed by atoms with Crippen LogP contribution in [0.5, 0.6) is 0 Å². The minimum Gasteiger partial charge on any atom is -0.325 e. The number of benzene rings is 1. The summed E-state index contributed by atoms with van der Waals surface area (Å²) in [5.41, 5.74) is 1.92. The van der Waals surface area contributed by atoms with Crippen LogP contribution >= 0.6 is 11.8 Å². The summed E-state index contributed by atoms with van der Waals surface area (Å²) in [4.78, 5) is 23.4. The average molecular weight is 279 g/mol. The molecule has 0 aliphatic heterocycles. The molecule has 0 saturated carbocycles. The first-order valence-electron chi connectivity index (χ1n) is 6.43. The van der Waals surface area contributed by atoms with Crippen molar-refractivity contribution in [2.24, 2.45) is 5.92 Å². The van der Waals surface area contributed by atoms with Gasteiger partial charge in [-0.15, -0.1) is 0 Å². The Balaban J connectivity index is 2.70. The predicted molar refractivity (Wildman–Crippen MR) is 81.3 cm³/mol. The van der Waals surface area contributed by atoms with Crippen LogP contribution in [0.4, 0.5) is 5.69 Å². The molecule has 0 heterocycles. The molecule has 0 saturated heterocycles. The molecule has 0 fully saturated rings. The van der Waals surface area contributed by atoms with Crippen molar-refractivity contribution in [3.63, 3.8) is 0 Å². The maximum absolute atomic E-state index is 12.2. The van der Waals surface area contributed by atoms with Crippen molar-refractivity contribution >= 4 is 28.5 Å². The van der Waals surface area contributed by atoms with E-state index in [1.807, 2.05) is 45.0 Å². The van der Waals surface area contributed by atoms with Crippen molar-refractivity contribution in [2.45, 2.75) is 39.4 Å². The molecule has 1 rings (SSSR count). The number of carbonyl (C=O) groups is 2. The highest BCUT2D eigenvalue weighted by Crippen LogP contribution is 2.22. The van der Waals surface area contributed by atoms with Crippen LogP contribution in [0.1, 0.15) is 32.8 Å². The van der Waals surface area contributed by atoms with Crippen LogP contribution < -0.4 is 5.32 Å². The summed E-state index contributed by atoms with van der Waals surface area (Å²) in [6.45, 7) is 7.59. The van der Waals surface area contributed by atoms with E-state index in [-0.39, 0.29) is 16.3 Å². The van der Waals surface area contributed by atoms with Gasteiger partial charge in [-0.2, -0.15) is 0 Å². The highest BCUT2D eigenvalue weighted by molar-refractivity contribution is 8.14. The van der Waals surface area contributed by atoms with Gasteiger partial charge in [-0.3, -0.25) is 9.59 Å². The van der Waals surface area contributed by atoms with E-state index in [9.17, 15) is 9.59 Å². The summed E-state index contributed by atoms with van der Waals surface area (Å²) in [5, 5.41) is 2.52. The Morgan fingerprint density at radius 2 is 1.79 bits per heavy atom. The molecule has 0 spiro atoms. The number of hydrogen-bond donors (Lipinski definition) is 1. The lowest BCUT2D eigenvalue weighted by Gasteiger charge is -2.17. The number of thioether (sulfide) groups is 1. The van der Waals surface area contributed by atoms with E-state index in [2.05, 4.69) is 5.32 Å². The molecule has 1 atom stereocenters. The minimum absolute atomic E-state index is 0.0234. The molecule has 0 radical (unpaired) electrons. The van der Waals surface area contributed by atoms with Crippen molar-refractivity contribution in [3.05, 3.63) is 29.8 Å². The number of hydrogen-bond acceptors (Lipinski definition) is 3. The molecule has 1 aromatic rings. The second-order valence-electron chi connectivity index (χ2n) is 5.08. The van der Waals surface area contributed by atoms with E-state index in [0.717, 1.165) is 23.0 Å². The zero-order valence-corrected chi connectivity index (χ0v) is 12.7. The monoisotopic (exact) mass is 279 g/mol. The zero-order valence-electron chi connectivity index (χ0n) is 11.9. The molecule has 19 heavy (non-hydrogen) atoms. The fourth-order valence-electron chi connectivity index (χ4n) is 1.70. The third-order valence-corrected chi connectivity index (χ3v) is 3.63. The second-order valence-corrected chi connectivity index (χ2v) is 6.46. The van der Waals surface area contributed by atoms with Crippen molar-refractivity contribution in [3.8, 4) is 0 Å². The number of rotatable bonds is 5. The number of amides is 1. The maximum atomic E-state index is 12.2. The molecule has 1 aromatic carbocycles. The van der Waals surface area contributed by atoms with Gasteiger partial charge < -0.3 is 5.32 Å². The summed E-state index contributed by atoms with van der Waals surface area (Å²) >= 11 is 1.11. The standard InChI is InChI=1S/C15H21NO2S/c1-10(2)9-14(19-12(4)17)15(18)16-13-7-5-11(3)6-8-13/h5-8,10,14H,9H2,1-4H3,(H,16,18). The Morgan fingerprint density at radius 1 is 1.21 bits per heavy atom. The van der Waals surface area contributed by atoms with E-state index in [1.54, 1.807) is 0 Å². The fraction of sp³-hybridized carbons (Fsp3) is 0.467. The molecule has 0 aliphatic carbocycles. The lowest BCUT2D eigenvalue weighted by molar-refractivity contribution is -0.116. The Kier molecular flexibility index (Phi) is 6.09. The lowest BCUT2D eigenvalue weighted by atomic mass is 10.1. The largest absolute Gasteiger partial charge is 0.325 e. The van der Waals surface area contributed by atoms with E-state index in [0.29, 0.717) is 12.3 Å². The SMILES string of the molecule is CC(=O)SC(CC(C)C)C(=O)Nc1ccc(C)cc1. The zero-order chi connectivity index (χ0) is 14.4. The predicted octanol–water partition coefficient (Wildman–Crippen LogP) is 3.63. The van der Waals surface area contributed by atoms with Gasteiger partial charge in [0, 0.05) is 12.6 Å². The normalized spacial score (nSPS) is 12.3. The minimum atomic E-state index is -0.321. The number of carbonyl (C=O) groups excluding carboxylic acids is 2. The Bertz CT molecular complexity index is 440. The van der Waals surface area contributed by atoms with Gasteiger partial charge in [-0.1, -0.05) is 43.3 Å². The molecule has 0 aliphatic rings. The summed E-state index contributed by atoms with van der Waals surface area (Å²) < 4.78 is 0. The van der Waals surface area contributed by atoms with E-state index < -0.39 is 0 Å². The molecular formula is C15H21NO2S. The first-order chi connectivity index (χ1) is 8.88. The van der Waals surface area contributed by atoms with Crippen molar-refractivity contribution < 1.29 is 9.59 Å². The van der Waals surface area contributed by atoms with Crippen molar-refractivity contribution in [2.75, 3.05) is 5.32 Å². The summed E-state index contributed by atoms with van der Waals surface area (Å²) in [5.74, 6) is 0.276. The smallest absolute Gasteiger partial charge is 0.237 e. The number of anilines is 1. The van der Waals surface area contributed by atoms with E-state index >= 15 is 0 Å². The molecule has 4 heteroatoms. The van der Waals surface area contributed by atoms with Crippen molar-refractivity contribution in [1.82, 2.24) is 0 Å². The van der Waals surface area contributed by atoms with Crippen LogP contribution in [-0.2, 0) is 9.59 Å². The van der Waals surface area contributed by atoms with Crippen LogP contribution in [0.15, 0.2) is 24.3 Å². The Morgan fingerprint density at radius 3 is 2.26 bits per heavy atom. The van der Waals surface area contributed by atoms with Gasteiger partial charge in [-0.05, 0) is 31.4 Å². The molecule has 0 bridgehead atoms. The quantitative estimate of drug-likeness (QED) is 0.895. The average Bonchev–Trinajstić information content (AvgIpc) is 2.30. The molecule has 1 unspecified atom stereocenters. The fourth-order valence-corrected chi connectivity index (χ4v) is 2.74. The maximum Gasteiger partial charge on any atom is 0.237 e. The summed E-state index contributed by atoms with van der Waals surface area (Å²) in [7, 11) is 0. The Hall–Kier alpha value is -1.29. The van der Waals surface area contributed by atoms with Gasteiger partial charge >= 0.3 is 0 Å². The summed E-state index contributed by atoms with van der Waals surface area (Å²) in [6, 6.07) is 7.65. The highest BCUT2D eigenvalue weighted by Gasteiger charge is 2.22. The number of nitrogens with one attached hydrogen (secondary N) is 1. The molecule has 0 aromatic heterocycles. The molecule has 3 nitrogen and oxygen atoms in total. The van der Waals surface area contributed by atoms with Crippen LogP contribution in [0.25, 0.3) is 0 Å². The van der Waals surface area contributed by atoms with Crippen LogP contribution in [0, 0.1) is 12.8 Å². The van der Waals surface area contributed by atoms with Crippen LogP contribution in [-0.4, -0.2) is 16.3 Å². The van der Waals surface area contributed by atoms with Gasteiger partial charge in [0.15, 0.2) is 5.12 Å². The third kappa shape index (κ3) is 5.92. The molecule has 1 amide bonds. The van der Waals surface area contributed by atoms with Gasteiger partial charge in [0.2, 0.25) is 5.91 Å². The van der Waals surface area contributed by atoms with Crippen LogP contribution in [0.2, 0.25) is 0 Å². The Labute approximate surface area is 119 Å². The van der Waals surface area contributed by atoms with Crippen molar-refractivity contribution in [1.29, 1.82) is 0 Å². The van der Waals surface area contributed by atoms with E-state index in [1.165, 1.54) is 6.92 Å². The van der Waals surface area contributed by atoms with Gasteiger partial charge in [-0.25, -0.2) is 0 Å². The third-order valence-electron chi connectivity index (χ3n) is 2.61. The first kappa shape index (κ1) is 15.8. The number of aryl methyl sites for hydroxylation is 1. The molecule has 1 N–H and O–H groups in total. The second kappa shape index (κ2) is 7.34. The topological polar surface area (TPSA) is 46.2 Å². The molecular weight excluding hydrogens is 258 g/mol. The summed E-state index contributed by atoms with van der Waals surface area (Å²) in [6.07, 6.45) is 0.696. The van der Waals surface area contributed by atoms with E-state index in [4.69, 9.17) is 0 Å². The van der Waals surface area contributed by atoms with Gasteiger partial charge in [0.05, 0.1) is 5.25 Å². The lowest BCUT2D eigenvalue weighted by Crippen LogP contribution is -2.27. The van der Waals surface area contributed by atoms with Gasteiger partial charge in [0.25, 0.3) is 0 Å². The highest BCUT2D eigenvalue weighted by atomic mass is 32.2. The van der Waals surface area contributed by atoms with Gasteiger partial charge in [0.1, 0.15) is 0 Å².